The molecule has 0 aliphatic rings. The van der Waals surface area contributed by atoms with E-state index in [1.807, 2.05) is 7.05 Å². The van der Waals surface area contributed by atoms with Gasteiger partial charge < -0.3 is 10.8 Å². The van der Waals surface area contributed by atoms with Crippen LogP contribution in [0.3, 0.4) is 0 Å². The first-order valence-corrected chi connectivity index (χ1v) is 4.52. The van der Waals surface area contributed by atoms with Gasteiger partial charge in [0.15, 0.2) is 0 Å². The van der Waals surface area contributed by atoms with Crippen molar-refractivity contribution in [1.82, 2.24) is 9.78 Å². The largest absolute Gasteiger partial charge is 0.478 e. The predicted molar refractivity (Wildman–Crippen MR) is 55.6 cm³/mol. The molecule has 1 heterocycles. The Balaban J connectivity index is 2.73. The van der Waals surface area contributed by atoms with Crippen LogP contribution < -0.4 is 5.73 Å². The number of aromatic carboxylic acids is 1. The molecule has 0 saturated carbocycles. The fraction of sp³-hybridized carbons (Fsp3) is 0.200. The Labute approximate surface area is 86.1 Å². The number of carboxylic acid groups (broad SMARTS) is 1. The summed E-state index contributed by atoms with van der Waals surface area (Å²) in [6, 6.07) is 4.91. The molecule has 0 aliphatic carbocycles. The van der Waals surface area contributed by atoms with Crippen LogP contribution in [0.5, 0.6) is 0 Å². The summed E-state index contributed by atoms with van der Waals surface area (Å²) in [4.78, 5) is 10.8. The fourth-order valence-corrected chi connectivity index (χ4v) is 1.62. The summed E-state index contributed by atoms with van der Waals surface area (Å²) in [6.45, 7) is 0.306. The summed E-state index contributed by atoms with van der Waals surface area (Å²) in [5, 5.41) is 13.9. The summed E-state index contributed by atoms with van der Waals surface area (Å²) >= 11 is 0. The summed E-state index contributed by atoms with van der Waals surface area (Å²) in [6.07, 6.45) is 0. The standard InChI is InChI=1S/C10H11N3O2/c1-13-9-3-2-6(10(14)15)4-7(9)8(5-11)12-13/h2-4H,5,11H2,1H3,(H,14,15). The fourth-order valence-electron chi connectivity index (χ4n) is 1.62. The Morgan fingerprint density at radius 1 is 1.60 bits per heavy atom. The maximum atomic E-state index is 10.8. The molecule has 0 saturated heterocycles. The zero-order valence-electron chi connectivity index (χ0n) is 8.27. The number of aryl methyl sites for hydroxylation is 1. The molecule has 2 aromatic rings. The molecule has 2 rings (SSSR count). The summed E-state index contributed by atoms with van der Waals surface area (Å²) in [7, 11) is 1.81. The molecule has 0 spiro atoms. The van der Waals surface area contributed by atoms with Gasteiger partial charge in [-0.1, -0.05) is 0 Å². The highest BCUT2D eigenvalue weighted by Gasteiger charge is 2.10. The van der Waals surface area contributed by atoms with Gasteiger partial charge in [0.1, 0.15) is 0 Å². The van der Waals surface area contributed by atoms with E-state index >= 15 is 0 Å². The first-order chi connectivity index (χ1) is 7.13. The van der Waals surface area contributed by atoms with Gasteiger partial charge in [-0.2, -0.15) is 5.10 Å². The lowest BCUT2D eigenvalue weighted by molar-refractivity contribution is 0.0697. The van der Waals surface area contributed by atoms with Gasteiger partial charge in [0.05, 0.1) is 16.8 Å². The van der Waals surface area contributed by atoms with Crippen molar-refractivity contribution in [3.8, 4) is 0 Å². The van der Waals surface area contributed by atoms with E-state index in [1.54, 1.807) is 22.9 Å². The van der Waals surface area contributed by atoms with Crippen LogP contribution in [0, 0.1) is 0 Å². The monoisotopic (exact) mass is 205 g/mol. The Kier molecular flexibility index (Phi) is 2.17. The number of hydrogen-bond donors (Lipinski definition) is 2. The molecule has 0 bridgehead atoms. The van der Waals surface area contributed by atoms with Crippen LogP contribution in [0.4, 0.5) is 0 Å². The molecule has 0 atom stereocenters. The van der Waals surface area contributed by atoms with Crippen LogP contribution >= 0.6 is 0 Å². The third-order valence-electron chi connectivity index (χ3n) is 2.37. The number of fused-ring (bicyclic) bond motifs is 1. The molecule has 78 valence electrons. The van der Waals surface area contributed by atoms with Crippen LogP contribution in [0.25, 0.3) is 10.9 Å². The second-order valence-electron chi connectivity index (χ2n) is 3.31. The molecule has 0 amide bonds. The molecule has 1 aromatic carbocycles. The highest BCUT2D eigenvalue weighted by atomic mass is 16.4. The van der Waals surface area contributed by atoms with E-state index in [0.29, 0.717) is 6.54 Å². The number of benzene rings is 1. The van der Waals surface area contributed by atoms with Crippen LogP contribution in [-0.2, 0) is 13.6 Å². The molecule has 0 aliphatic heterocycles. The van der Waals surface area contributed by atoms with Gasteiger partial charge in [0.25, 0.3) is 0 Å². The number of carbonyl (C=O) groups is 1. The summed E-state index contributed by atoms with van der Waals surface area (Å²) in [5.74, 6) is -0.941. The number of rotatable bonds is 2. The van der Waals surface area contributed by atoms with Gasteiger partial charge >= 0.3 is 5.97 Å². The van der Waals surface area contributed by atoms with E-state index < -0.39 is 5.97 Å². The van der Waals surface area contributed by atoms with E-state index in [2.05, 4.69) is 5.10 Å². The third-order valence-corrected chi connectivity index (χ3v) is 2.37. The van der Waals surface area contributed by atoms with Crippen molar-refractivity contribution in [3.05, 3.63) is 29.5 Å². The van der Waals surface area contributed by atoms with Gasteiger partial charge in [0, 0.05) is 19.0 Å². The molecular weight excluding hydrogens is 194 g/mol. The lowest BCUT2D eigenvalue weighted by atomic mass is 10.1. The first kappa shape index (κ1) is 9.67. The van der Waals surface area contributed by atoms with Crippen LogP contribution in [0.15, 0.2) is 18.2 Å². The number of carboxylic acids is 1. The number of nitrogens with zero attached hydrogens (tertiary/aromatic N) is 2. The van der Waals surface area contributed by atoms with E-state index in [1.165, 1.54) is 0 Å². The molecule has 0 unspecified atom stereocenters. The highest BCUT2D eigenvalue weighted by molar-refractivity contribution is 5.94. The third kappa shape index (κ3) is 1.46. The minimum Gasteiger partial charge on any atom is -0.478 e. The van der Waals surface area contributed by atoms with Gasteiger partial charge in [0.2, 0.25) is 0 Å². The van der Waals surface area contributed by atoms with Crippen molar-refractivity contribution in [2.75, 3.05) is 0 Å². The lowest BCUT2D eigenvalue weighted by Gasteiger charge is -1.96. The second-order valence-corrected chi connectivity index (χ2v) is 3.31. The molecule has 1 aromatic heterocycles. The number of hydrogen-bond acceptors (Lipinski definition) is 3. The van der Waals surface area contributed by atoms with Crippen LogP contribution in [-0.4, -0.2) is 20.9 Å². The van der Waals surface area contributed by atoms with Crippen molar-refractivity contribution in [2.45, 2.75) is 6.54 Å². The Bertz CT molecular complexity index is 531. The Morgan fingerprint density at radius 3 is 2.93 bits per heavy atom. The van der Waals surface area contributed by atoms with Crippen molar-refractivity contribution < 1.29 is 9.90 Å². The zero-order valence-corrected chi connectivity index (χ0v) is 8.27. The number of nitrogens with two attached hydrogens (primary N) is 1. The first-order valence-electron chi connectivity index (χ1n) is 4.52. The van der Waals surface area contributed by atoms with Gasteiger partial charge in [-0.15, -0.1) is 0 Å². The summed E-state index contributed by atoms with van der Waals surface area (Å²) in [5.41, 5.74) is 7.39. The van der Waals surface area contributed by atoms with Gasteiger partial charge in [-0.05, 0) is 18.2 Å². The average Bonchev–Trinajstić information content (AvgIpc) is 2.55. The number of aromatic nitrogens is 2. The van der Waals surface area contributed by atoms with Gasteiger partial charge in [-0.3, -0.25) is 4.68 Å². The highest BCUT2D eigenvalue weighted by Crippen LogP contribution is 2.19. The van der Waals surface area contributed by atoms with Gasteiger partial charge in [-0.25, -0.2) is 4.79 Å². The normalized spacial score (nSPS) is 10.8. The lowest BCUT2D eigenvalue weighted by Crippen LogP contribution is -1.99. The van der Waals surface area contributed by atoms with Crippen molar-refractivity contribution >= 4 is 16.9 Å². The van der Waals surface area contributed by atoms with Crippen molar-refractivity contribution in [2.24, 2.45) is 12.8 Å². The van der Waals surface area contributed by atoms with E-state index in [4.69, 9.17) is 10.8 Å². The van der Waals surface area contributed by atoms with Crippen LogP contribution in [0.2, 0.25) is 0 Å². The van der Waals surface area contributed by atoms with E-state index in [-0.39, 0.29) is 5.56 Å². The molecular formula is C10H11N3O2. The van der Waals surface area contributed by atoms with Crippen LogP contribution in [0.1, 0.15) is 16.1 Å². The smallest absolute Gasteiger partial charge is 0.335 e. The van der Waals surface area contributed by atoms with E-state index in [9.17, 15) is 4.79 Å². The zero-order chi connectivity index (χ0) is 11.0. The summed E-state index contributed by atoms with van der Waals surface area (Å²) < 4.78 is 1.70. The topological polar surface area (TPSA) is 81.1 Å². The van der Waals surface area contributed by atoms with Crippen molar-refractivity contribution in [3.63, 3.8) is 0 Å². The molecule has 0 fully saturated rings. The Morgan fingerprint density at radius 2 is 2.33 bits per heavy atom. The molecule has 0 radical (unpaired) electrons. The minimum absolute atomic E-state index is 0.255. The molecule has 15 heavy (non-hydrogen) atoms. The minimum atomic E-state index is -0.941. The predicted octanol–water partition coefficient (Wildman–Crippen LogP) is 0.730. The van der Waals surface area contributed by atoms with Crippen molar-refractivity contribution in [1.29, 1.82) is 0 Å². The second kappa shape index (κ2) is 3.36. The van der Waals surface area contributed by atoms with E-state index in [0.717, 1.165) is 16.6 Å². The average molecular weight is 205 g/mol. The SMILES string of the molecule is Cn1nc(CN)c2cc(C(=O)O)ccc21. The Hall–Kier alpha value is -1.88. The maximum absolute atomic E-state index is 10.8. The molecule has 5 nitrogen and oxygen atoms in total. The molecule has 5 heteroatoms. The molecule has 3 N–H and O–H groups in total. The maximum Gasteiger partial charge on any atom is 0.335 e. The quantitative estimate of drug-likeness (QED) is 0.757.